The predicted molar refractivity (Wildman–Crippen MR) is 87.3 cm³/mol. The highest BCUT2D eigenvalue weighted by Gasteiger charge is 2.52. The first-order chi connectivity index (χ1) is 11.5. The van der Waals surface area contributed by atoms with E-state index in [0.717, 1.165) is 31.6 Å². The van der Waals surface area contributed by atoms with E-state index in [4.69, 9.17) is 5.21 Å². The van der Waals surface area contributed by atoms with Gasteiger partial charge < -0.3 is 4.90 Å². The lowest BCUT2D eigenvalue weighted by atomic mass is 9.74. The predicted octanol–water partition coefficient (Wildman–Crippen LogP) is 1.79. The van der Waals surface area contributed by atoms with Gasteiger partial charge in [-0.05, 0) is 44.0 Å². The minimum absolute atomic E-state index is 0.181. The lowest BCUT2D eigenvalue weighted by molar-refractivity contribution is -0.0421. The van der Waals surface area contributed by atoms with Gasteiger partial charge in [-0.3, -0.25) is 14.9 Å². The molecule has 2 aliphatic heterocycles. The number of amides is 1. The molecule has 1 aliphatic carbocycles. The molecule has 0 bridgehead atoms. The lowest BCUT2D eigenvalue weighted by Gasteiger charge is -2.53. The summed E-state index contributed by atoms with van der Waals surface area (Å²) in [6.45, 7) is 3.84. The molecule has 1 saturated carbocycles. The molecule has 4 rings (SSSR count). The minimum atomic E-state index is -0.661. The molecular formula is C18H24FN3O2. The van der Waals surface area contributed by atoms with Crippen molar-refractivity contribution >= 4 is 5.91 Å². The molecule has 2 heterocycles. The zero-order valence-corrected chi connectivity index (χ0v) is 14.0. The fourth-order valence-corrected chi connectivity index (χ4v) is 5.19. The smallest absolute Gasteiger partial charge is 0.274 e. The second-order valence-corrected chi connectivity index (χ2v) is 7.70. The van der Waals surface area contributed by atoms with Gasteiger partial charge in [0.1, 0.15) is 5.82 Å². The molecule has 0 aromatic heterocycles. The van der Waals surface area contributed by atoms with E-state index in [9.17, 15) is 9.18 Å². The molecule has 3 aliphatic rings. The van der Waals surface area contributed by atoms with Crippen molar-refractivity contribution in [2.24, 2.45) is 5.41 Å². The SMILES string of the molecule is CN1CC2(CCC[C@H]2N2CCc3cc(C(=O)NO)cc(F)c3C2)C1. The Kier molecular flexibility index (Phi) is 3.86. The van der Waals surface area contributed by atoms with Gasteiger partial charge in [0, 0.05) is 48.8 Å². The molecule has 1 amide bonds. The van der Waals surface area contributed by atoms with Crippen LogP contribution in [0, 0.1) is 11.2 Å². The number of carbonyl (C=O) groups excluding carboxylic acids is 1. The van der Waals surface area contributed by atoms with Crippen molar-refractivity contribution in [3.8, 4) is 0 Å². The first-order valence-electron chi connectivity index (χ1n) is 8.71. The Hall–Kier alpha value is -1.50. The van der Waals surface area contributed by atoms with Crippen LogP contribution in [0.3, 0.4) is 0 Å². The Morgan fingerprint density at radius 2 is 2.21 bits per heavy atom. The fraction of sp³-hybridized carbons (Fsp3) is 0.611. The number of hydroxylamine groups is 1. The number of fused-ring (bicyclic) bond motifs is 1. The molecule has 1 aromatic rings. The molecule has 130 valence electrons. The third-order valence-electron chi connectivity index (χ3n) is 6.15. The zero-order chi connectivity index (χ0) is 16.9. The molecule has 1 aromatic carbocycles. The van der Waals surface area contributed by atoms with Gasteiger partial charge in [0.15, 0.2) is 0 Å². The van der Waals surface area contributed by atoms with Crippen molar-refractivity contribution in [2.75, 3.05) is 26.7 Å². The zero-order valence-electron chi connectivity index (χ0n) is 14.0. The number of likely N-dealkylation sites (tertiary alicyclic amines) is 1. The van der Waals surface area contributed by atoms with Gasteiger partial charge in [-0.2, -0.15) is 0 Å². The van der Waals surface area contributed by atoms with Crippen LogP contribution in [0.5, 0.6) is 0 Å². The quantitative estimate of drug-likeness (QED) is 0.640. The summed E-state index contributed by atoms with van der Waals surface area (Å²) in [7, 11) is 2.17. The van der Waals surface area contributed by atoms with Gasteiger partial charge >= 0.3 is 0 Å². The van der Waals surface area contributed by atoms with Gasteiger partial charge in [-0.25, -0.2) is 9.87 Å². The highest BCUT2D eigenvalue weighted by molar-refractivity contribution is 5.93. The standard InChI is InChI=1S/C18H24FN3O2/c1-21-10-18(11-21)5-2-3-16(18)22-6-4-12-7-13(17(23)20-24)8-15(19)14(12)9-22/h7-8,16,24H,2-6,9-11H2,1H3,(H,20,23)/t16-/m1/s1. The third-order valence-corrected chi connectivity index (χ3v) is 6.15. The number of carbonyl (C=O) groups is 1. The van der Waals surface area contributed by atoms with Crippen molar-refractivity contribution < 1.29 is 14.4 Å². The Labute approximate surface area is 141 Å². The van der Waals surface area contributed by atoms with Crippen LogP contribution >= 0.6 is 0 Å². The van der Waals surface area contributed by atoms with E-state index in [0.29, 0.717) is 23.6 Å². The van der Waals surface area contributed by atoms with Crippen LogP contribution in [0.15, 0.2) is 12.1 Å². The van der Waals surface area contributed by atoms with Crippen molar-refractivity contribution in [1.29, 1.82) is 0 Å². The molecule has 1 spiro atoms. The molecule has 2 fully saturated rings. The maximum absolute atomic E-state index is 14.5. The molecule has 1 atom stereocenters. The number of rotatable bonds is 2. The Morgan fingerprint density at radius 1 is 1.42 bits per heavy atom. The summed E-state index contributed by atoms with van der Waals surface area (Å²) >= 11 is 0. The summed E-state index contributed by atoms with van der Waals surface area (Å²) in [4.78, 5) is 16.4. The Bertz CT molecular complexity index is 672. The normalized spacial score (nSPS) is 26.2. The number of nitrogens with one attached hydrogen (secondary N) is 1. The first kappa shape index (κ1) is 16.0. The van der Waals surface area contributed by atoms with Gasteiger partial charge in [-0.15, -0.1) is 0 Å². The van der Waals surface area contributed by atoms with E-state index in [-0.39, 0.29) is 11.4 Å². The van der Waals surface area contributed by atoms with Crippen LogP contribution in [0.2, 0.25) is 0 Å². The van der Waals surface area contributed by atoms with Gasteiger partial charge in [0.2, 0.25) is 0 Å². The Balaban J connectivity index is 1.57. The molecule has 0 radical (unpaired) electrons. The van der Waals surface area contributed by atoms with E-state index in [2.05, 4.69) is 16.8 Å². The number of hydrogen-bond acceptors (Lipinski definition) is 4. The maximum atomic E-state index is 14.5. The molecule has 1 saturated heterocycles. The third kappa shape index (κ3) is 2.44. The van der Waals surface area contributed by atoms with Crippen LogP contribution in [-0.2, 0) is 13.0 Å². The monoisotopic (exact) mass is 333 g/mol. The van der Waals surface area contributed by atoms with Crippen LogP contribution in [0.25, 0.3) is 0 Å². The molecule has 2 N–H and O–H groups in total. The number of benzene rings is 1. The van der Waals surface area contributed by atoms with Crippen molar-refractivity contribution in [2.45, 2.75) is 38.3 Å². The van der Waals surface area contributed by atoms with E-state index < -0.39 is 5.91 Å². The second kappa shape index (κ2) is 5.79. The first-order valence-corrected chi connectivity index (χ1v) is 8.71. The summed E-state index contributed by atoms with van der Waals surface area (Å²) in [5.74, 6) is -1.00. The summed E-state index contributed by atoms with van der Waals surface area (Å²) < 4.78 is 14.5. The molecular weight excluding hydrogens is 309 g/mol. The lowest BCUT2D eigenvalue weighted by Crippen LogP contribution is -2.62. The topological polar surface area (TPSA) is 55.8 Å². The van der Waals surface area contributed by atoms with Crippen molar-refractivity contribution in [1.82, 2.24) is 15.3 Å². The van der Waals surface area contributed by atoms with Gasteiger partial charge in [0.25, 0.3) is 5.91 Å². The van der Waals surface area contributed by atoms with Crippen molar-refractivity contribution in [3.05, 3.63) is 34.6 Å². The summed E-state index contributed by atoms with van der Waals surface area (Å²) in [5.41, 5.74) is 3.77. The maximum Gasteiger partial charge on any atom is 0.274 e. The van der Waals surface area contributed by atoms with Gasteiger partial charge in [-0.1, -0.05) is 6.42 Å². The average Bonchev–Trinajstić information content (AvgIpc) is 2.98. The van der Waals surface area contributed by atoms with Crippen LogP contribution < -0.4 is 5.48 Å². The minimum Gasteiger partial charge on any atom is -0.305 e. The van der Waals surface area contributed by atoms with E-state index in [1.54, 1.807) is 11.5 Å². The average molecular weight is 333 g/mol. The van der Waals surface area contributed by atoms with E-state index >= 15 is 0 Å². The van der Waals surface area contributed by atoms with E-state index in [1.807, 2.05) is 0 Å². The Morgan fingerprint density at radius 3 is 2.92 bits per heavy atom. The van der Waals surface area contributed by atoms with E-state index in [1.165, 1.54) is 25.3 Å². The second-order valence-electron chi connectivity index (χ2n) is 7.70. The molecule has 24 heavy (non-hydrogen) atoms. The highest BCUT2D eigenvalue weighted by Crippen LogP contribution is 2.48. The van der Waals surface area contributed by atoms with Crippen LogP contribution in [0.1, 0.15) is 40.7 Å². The summed E-state index contributed by atoms with van der Waals surface area (Å²) in [5, 5.41) is 8.75. The molecule has 0 unspecified atom stereocenters. The van der Waals surface area contributed by atoms with Crippen LogP contribution in [-0.4, -0.2) is 53.6 Å². The summed E-state index contributed by atoms with van der Waals surface area (Å²) in [6.07, 6.45) is 4.50. The number of halogens is 1. The van der Waals surface area contributed by atoms with Gasteiger partial charge in [0.05, 0.1) is 0 Å². The number of nitrogens with zero attached hydrogens (tertiary/aromatic N) is 2. The summed E-state index contributed by atoms with van der Waals surface area (Å²) in [6, 6.07) is 3.49. The van der Waals surface area contributed by atoms with Crippen molar-refractivity contribution in [3.63, 3.8) is 0 Å². The number of hydrogen-bond donors (Lipinski definition) is 2. The molecule has 6 heteroatoms. The fourth-order valence-electron chi connectivity index (χ4n) is 5.19. The van der Waals surface area contributed by atoms with Crippen LogP contribution in [0.4, 0.5) is 4.39 Å². The molecule has 5 nitrogen and oxygen atoms in total. The largest absolute Gasteiger partial charge is 0.305 e. The highest BCUT2D eigenvalue weighted by atomic mass is 19.1.